The van der Waals surface area contributed by atoms with Crippen LogP contribution in [0.2, 0.25) is 0 Å². The summed E-state index contributed by atoms with van der Waals surface area (Å²) in [4.78, 5) is 29.5. The predicted molar refractivity (Wildman–Crippen MR) is 59.0 cm³/mol. The van der Waals surface area contributed by atoms with Crippen LogP contribution in [-0.2, 0) is 16.1 Å². The Morgan fingerprint density at radius 2 is 2.33 bits per heavy atom. The van der Waals surface area contributed by atoms with Crippen LogP contribution in [0, 0.1) is 5.92 Å². The van der Waals surface area contributed by atoms with Crippen LogP contribution < -0.4 is 5.32 Å². The normalized spacial score (nSPS) is 28.4. The van der Waals surface area contributed by atoms with Gasteiger partial charge in [0.1, 0.15) is 12.1 Å². The highest BCUT2D eigenvalue weighted by atomic mass is 16.5. The quantitative estimate of drug-likeness (QED) is 0.795. The van der Waals surface area contributed by atoms with Crippen molar-refractivity contribution >= 4 is 11.8 Å². The summed E-state index contributed by atoms with van der Waals surface area (Å²) in [6.45, 7) is 2.06. The molecule has 7 heteroatoms. The van der Waals surface area contributed by atoms with Crippen molar-refractivity contribution in [3.63, 3.8) is 0 Å². The molecule has 2 amide bonds. The van der Waals surface area contributed by atoms with Crippen LogP contribution in [0.1, 0.15) is 25.6 Å². The van der Waals surface area contributed by atoms with Crippen molar-refractivity contribution in [1.29, 1.82) is 0 Å². The van der Waals surface area contributed by atoms with E-state index in [0.717, 1.165) is 12.8 Å². The molecule has 2 heterocycles. The molecular formula is C11H14N4O3. The van der Waals surface area contributed by atoms with Crippen LogP contribution in [0.5, 0.6) is 0 Å². The highest BCUT2D eigenvalue weighted by Gasteiger charge is 2.52. The van der Waals surface area contributed by atoms with Crippen LogP contribution in [-0.4, -0.2) is 38.9 Å². The van der Waals surface area contributed by atoms with Crippen LogP contribution >= 0.6 is 0 Å². The van der Waals surface area contributed by atoms with Gasteiger partial charge in [-0.25, -0.2) is 0 Å². The smallest absolute Gasteiger partial charge is 0.249 e. The van der Waals surface area contributed by atoms with E-state index in [1.165, 1.54) is 11.3 Å². The van der Waals surface area contributed by atoms with Crippen LogP contribution in [0.15, 0.2) is 10.9 Å². The Labute approximate surface area is 104 Å². The summed E-state index contributed by atoms with van der Waals surface area (Å²) >= 11 is 0. The second-order valence-electron chi connectivity index (χ2n) is 5.03. The first-order valence-electron chi connectivity index (χ1n) is 5.95. The maximum absolute atomic E-state index is 12.4. The van der Waals surface area contributed by atoms with Gasteiger partial charge >= 0.3 is 0 Å². The fourth-order valence-electron chi connectivity index (χ4n) is 2.45. The fraction of sp³-hybridized carbons (Fsp3) is 0.636. The molecule has 1 N–H and O–H groups in total. The standard InChI is InChI=1S/C11H14N4O3/c1-11(7-2-3-7)10(17)15(5-9(16)13-11)4-8-12-6-18-14-8/h6-7H,2-5H2,1H3,(H,13,16). The van der Waals surface area contributed by atoms with Gasteiger partial charge in [-0.1, -0.05) is 5.16 Å². The molecule has 1 atom stereocenters. The lowest BCUT2D eigenvalue weighted by Crippen LogP contribution is -2.66. The third-order valence-electron chi connectivity index (χ3n) is 3.60. The average Bonchev–Trinajstić information content (AvgIpc) is 3.06. The van der Waals surface area contributed by atoms with E-state index in [1.807, 2.05) is 0 Å². The Hall–Kier alpha value is -1.92. The van der Waals surface area contributed by atoms with E-state index in [0.29, 0.717) is 5.82 Å². The van der Waals surface area contributed by atoms with Crippen LogP contribution in [0.4, 0.5) is 0 Å². The molecule has 2 fully saturated rings. The lowest BCUT2D eigenvalue weighted by Gasteiger charge is -2.39. The summed E-state index contributed by atoms with van der Waals surface area (Å²) in [6, 6.07) is 0. The molecule has 18 heavy (non-hydrogen) atoms. The molecule has 1 aliphatic heterocycles. The third kappa shape index (κ3) is 1.75. The SMILES string of the molecule is CC1(C2CC2)NC(=O)CN(Cc2ncon2)C1=O. The van der Waals surface area contributed by atoms with Gasteiger partial charge in [0.05, 0.1) is 6.54 Å². The van der Waals surface area contributed by atoms with E-state index in [2.05, 4.69) is 20.0 Å². The van der Waals surface area contributed by atoms with Crippen molar-refractivity contribution in [3.05, 3.63) is 12.2 Å². The maximum atomic E-state index is 12.4. The van der Waals surface area contributed by atoms with Gasteiger partial charge in [-0.15, -0.1) is 0 Å². The topological polar surface area (TPSA) is 88.3 Å². The monoisotopic (exact) mass is 250 g/mol. The minimum absolute atomic E-state index is 0.0513. The predicted octanol–water partition coefficient (Wildman–Crippen LogP) is -0.303. The molecule has 3 rings (SSSR count). The molecule has 0 spiro atoms. The number of hydrogen-bond acceptors (Lipinski definition) is 5. The largest absolute Gasteiger partial charge is 0.343 e. The Bertz CT molecular complexity index is 482. The first kappa shape index (κ1) is 11.2. The molecular weight excluding hydrogens is 236 g/mol. The number of piperazine rings is 1. The van der Waals surface area contributed by atoms with Gasteiger partial charge in [0, 0.05) is 0 Å². The van der Waals surface area contributed by atoms with Crippen molar-refractivity contribution < 1.29 is 14.1 Å². The number of nitrogens with zero attached hydrogens (tertiary/aromatic N) is 3. The van der Waals surface area contributed by atoms with Crippen molar-refractivity contribution in [2.45, 2.75) is 31.8 Å². The Balaban J connectivity index is 1.81. The Morgan fingerprint density at radius 3 is 2.94 bits per heavy atom. The molecule has 1 aromatic rings. The van der Waals surface area contributed by atoms with Crippen LogP contribution in [0.3, 0.4) is 0 Å². The molecule has 0 aromatic carbocycles. The summed E-state index contributed by atoms with van der Waals surface area (Å²) < 4.78 is 4.63. The summed E-state index contributed by atoms with van der Waals surface area (Å²) in [5.41, 5.74) is -0.765. The number of rotatable bonds is 3. The first-order chi connectivity index (χ1) is 8.59. The van der Waals surface area contributed by atoms with Gasteiger partial charge in [-0.05, 0) is 25.7 Å². The van der Waals surface area contributed by atoms with E-state index in [4.69, 9.17) is 0 Å². The summed E-state index contributed by atoms with van der Waals surface area (Å²) in [5.74, 6) is 0.472. The highest BCUT2D eigenvalue weighted by molar-refractivity contribution is 5.98. The zero-order chi connectivity index (χ0) is 12.8. The molecule has 2 aliphatic rings. The van der Waals surface area contributed by atoms with E-state index in [9.17, 15) is 9.59 Å². The number of carbonyl (C=O) groups is 2. The lowest BCUT2D eigenvalue weighted by atomic mass is 9.91. The molecule has 1 unspecified atom stereocenters. The molecule has 1 aromatic heterocycles. The van der Waals surface area contributed by atoms with E-state index >= 15 is 0 Å². The van der Waals surface area contributed by atoms with E-state index < -0.39 is 5.54 Å². The van der Waals surface area contributed by atoms with Crippen molar-refractivity contribution in [2.24, 2.45) is 5.92 Å². The second kappa shape index (κ2) is 3.79. The van der Waals surface area contributed by atoms with Gasteiger partial charge < -0.3 is 14.7 Å². The van der Waals surface area contributed by atoms with Crippen molar-refractivity contribution in [1.82, 2.24) is 20.4 Å². The summed E-state index contributed by atoms with van der Waals surface area (Å²) in [7, 11) is 0. The van der Waals surface area contributed by atoms with E-state index in [1.54, 1.807) is 6.92 Å². The fourth-order valence-corrected chi connectivity index (χ4v) is 2.45. The van der Waals surface area contributed by atoms with Gasteiger partial charge in [0.25, 0.3) is 0 Å². The minimum atomic E-state index is -0.765. The molecule has 0 radical (unpaired) electrons. The zero-order valence-corrected chi connectivity index (χ0v) is 10.0. The number of carbonyl (C=O) groups excluding carboxylic acids is 2. The molecule has 1 aliphatic carbocycles. The van der Waals surface area contributed by atoms with E-state index in [-0.39, 0.29) is 30.8 Å². The minimum Gasteiger partial charge on any atom is -0.343 e. The van der Waals surface area contributed by atoms with Gasteiger partial charge in [0.2, 0.25) is 18.2 Å². The third-order valence-corrected chi connectivity index (χ3v) is 3.60. The molecule has 96 valence electrons. The average molecular weight is 250 g/mol. The Kier molecular flexibility index (Phi) is 2.36. The zero-order valence-electron chi connectivity index (χ0n) is 10.0. The maximum Gasteiger partial charge on any atom is 0.249 e. The van der Waals surface area contributed by atoms with Gasteiger partial charge in [-0.3, -0.25) is 9.59 Å². The lowest BCUT2D eigenvalue weighted by molar-refractivity contribution is -0.150. The van der Waals surface area contributed by atoms with Gasteiger partial charge in [-0.2, -0.15) is 4.98 Å². The summed E-state index contributed by atoms with van der Waals surface area (Å²) in [6.07, 6.45) is 3.18. The summed E-state index contributed by atoms with van der Waals surface area (Å²) in [5, 5.41) is 6.49. The van der Waals surface area contributed by atoms with Crippen molar-refractivity contribution in [3.8, 4) is 0 Å². The first-order valence-corrected chi connectivity index (χ1v) is 5.95. The Morgan fingerprint density at radius 1 is 1.56 bits per heavy atom. The number of aromatic nitrogens is 2. The highest BCUT2D eigenvalue weighted by Crippen LogP contribution is 2.41. The van der Waals surface area contributed by atoms with Crippen LogP contribution in [0.25, 0.3) is 0 Å². The molecule has 7 nitrogen and oxygen atoms in total. The number of hydrogen-bond donors (Lipinski definition) is 1. The molecule has 0 bridgehead atoms. The number of amides is 2. The van der Waals surface area contributed by atoms with Crippen molar-refractivity contribution in [2.75, 3.05) is 6.54 Å². The number of nitrogens with one attached hydrogen (secondary N) is 1. The second-order valence-corrected chi connectivity index (χ2v) is 5.03. The van der Waals surface area contributed by atoms with Gasteiger partial charge in [0.15, 0.2) is 5.82 Å². The molecule has 1 saturated heterocycles. The molecule has 1 saturated carbocycles.